The maximum absolute atomic E-state index is 12.7. The van der Waals surface area contributed by atoms with Crippen LogP contribution >= 0.6 is 0 Å². The molecule has 2 aromatic heterocycles. The van der Waals surface area contributed by atoms with Crippen LogP contribution in [0.25, 0.3) is 0 Å². The number of hydrogen-bond donors (Lipinski definition) is 2. The molecule has 0 radical (unpaired) electrons. The number of ether oxygens (including phenoxy) is 1. The topological polar surface area (TPSA) is 103 Å². The number of nitrogens with one attached hydrogen (secondary N) is 2. The zero-order chi connectivity index (χ0) is 23.3. The van der Waals surface area contributed by atoms with Crippen molar-refractivity contribution in [3.05, 3.63) is 59.2 Å². The summed E-state index contributed by atoms with van der Waals surface area (Å²) in [7, 11) is 0. The molecule has 32 heavy (non-hydrogen) atoms. The average Bonchev–Trinajstić information content (AvgIpc) is 3.37. The van der Waals surface area contributed by atoms with Crippen LogP contribution in [0.15, 0.2) is 36.7 Å². The van der Waals surface area contributed by atoms with E-state index >= 15 is 0 Å². The van der Waals surface area contributed by atoms with Gasteiger partial charge in [0.15, 0.2) is 18.1 Å². The molecule has 0 fully saturated rings. The highest BCUT2D eigenvalue weighted by atomic mass is 16.5. The number of nitrogens with zero attached hydrogens (tertiary/aromatic N) is 4. The molecule has 3 rings (SSSR count). The first-order valence-electron chi connectivity index (χ1n) is 10.7. The SMILES string of the molecule is CCn1cc(NC(=O)c2ccn(COc3cc(C)cc(C)c3)n2)c(C(=O)NCC(C)C)n1. The Bertz CT molecular complexity index is 1080. The minimum absolute atomic E-state index is 0.173. The Labute approximate surface area is 187 Å². The van der Waals surface area contributed by atoms with Crippen molar-refractivity contribution in [3.8, 4) is 5.75 Å². The lowest BCUT2D eigenvalue weighted by molar-refractivity contribution is 0.0944. The maximum Gasteiger partial charge on any atom is 0.276 e. The normalized spacial score (nSPS) is 10.9. The van der Waals surface area contributed by atoms with E-state index < -0.39 is 5.91 Å². The van der Waals surface area contributed by atoms with Crippen molar-refractivity contribution in [2.75, 3.05) is 11.9 Å². The zero-order valence-corrected chi connectivity index (χ0v) is 19.2. The Balaban J connectivity index is 1.67. The van der Waals surface area contributed by atoms with Crippen molar-refractivity contribution in [1.82, 2.24) is 24.9 Å². The standard InChI is InChI=1S/C23H30N6O3/c1-6-28-13-20(21(27-28)23(31)24-12-15(2)3)25-22(30)19-7-8-29(26-19)14-32-18-10-16(4)9-17(5)11-18/h7-11,13,15H,6,12,14H2,1-5H3,(H,24,31)(H,25,30). The summed E-state index contributed by atoms with van der Waals surface area (Å²) in [6.07, 6.45) is 3.31. The number of aromatic nitrogens is 4. The van der Waals surface area contributed by atoms with Crippen molar-refractivity contribution < 1.29 is 14.3 Å². The predicted octanol–water partition coefficient (Wildman–Crippen LogP) is 3.39. The molecule has 0 aliphatic heterocycles. The van der Waals surface area contributed by atoms with Gasteiger partial charge < -0.3 is 15.4 Å². The summed E-state index contributed by atoms with van der Waals surface area (Å²) in [5, 5.41) is 14.1. The molecule has 2 heterocycles. The highest BCUT2D eigenvalue weighted by Crippen LogP contribution is 2.17. The van der Waals surface area contributed by atoms with Crippen molar-refractivity contribution in [2.45, 2.75) is 47.9 Å². The third kappa shape index (κ3) is 5.96. The molecule has 0 aliphatic carbocycles. The van der Waals surface area contributed by atoms with Gasteiger partial charge in [0.1, 0.15) is 5.75 Å². The van der Waals surface area contributed by atoms with Crippen molar-refractivity contribution in [2.24, 2.45) is 5.92 Å². The van der Waals surface area contributed by atoms with Crippen LogP contribution in [0, 0.1) is 19.8 Å². The van der Waals surface area contributed by atoms with Gasteiger partial charge in [-0.3, -0.25) is 14.3 Å². The van der Waals surface area contributed by atoms with Gasteiger partial charge in [-0.05, 0) is 56.0 Å². The molecule has 0 unspecified atom stereocenters. The van der Waals surface area contributed by atoms with Gasteiger partial charge in [0.25, 0.3) is 11.8 Å². The molecule has 2 amide bonds. The highest BCUT2D eigenvalue weighted by molar-refractivity contribution is 6.07. The Morgan fingerprint density at radius 3 is 2.44 bits per heavy atom. The number of anilines is 1. The Morgan fingerprint density at radius 2 is 1.78 bits per heavy atom. The largest absolute Gasteiger partial charge is 0.471 e. The fourth-order valence-corrected chi connectivity index (χ4v) is 3.12. The van der Waals surface area contributed by atoms with Crippen LogP contribution < -0.4 is 15.4 Å². The van der Waals surface area contributed by atoms with E-state index in [1.807, 2.05) is 46.8 Å². The second kappa shape index (κ2) is 10.1. The molecule has 0 bridgehead atoms. The van der Waals surface area contributed by atoms with E-state index in [9.17, 15) is 9.59 Å². The molecule has 0 spiro atoms. The summed E-state index contributed by atoms with van der Waals surface area (Å²) in [5.41, 5.74) is 2.96. The summed E-state index contributed by atoms with van der Waals surface area (Å²) in [5.74, 6) is 0.297. The van der Waals surface area contributed by atoms with Gasteiger partial charge in [0.2, 0.25) is 0 Å². The van der Waals surface area contributed by atoms with Gasteiger partial charge in [-0.25, -0.2) is 4.68 Å². The lowest BCUT2D eigenvalue weighted by atomic mass is 10.1. The first-order chi connectivity index (χ1) is 15.2. The van der Waals surface area contributed by atoms with Gasteiger partial charge in [0.05, 0.1) is 5.69 Å². The molecular formula is C23H30N6O3. The van der Waals surface area contributed by atoms with Gasteiger partial charge in [-0.15, -0.1) is 0 Å². The maximum atomic E-state index is 12.7. The molecule has 0 saturated heterocycles. The molecule has 1 aromatic carbocycles. The third-order valence-electron chi connectivity index (χ3n) is 4.65. The van der Waals surface area contributed by atoms with E-state index in [0.717, 1.165) is 16.9 Å². The van der Waals surface area contributed by atoms with Crippen LogP contribution in [-0.4, -0.2) is 37.9 Å². The van der Waals surface area contributed by atoms with Crippen LogP contribution in [0.4, 0.5) is 5.69 Å². The lowest BCUT2D eigenvalue weighted by Gasteiger charge is -2.08. The van der Waals surface area contributed by atoms with Gasteiger partial charge >= 0.3 is 0 Å². The second-order valence-corrected chi connectivity index (χ2v) is 8.14. The molecule has 3 aromatic rings. The molecule has 2 N–H and O–H groups in total. The number of aryl methyl sites for hydroxylation is 3. The van der Waals surface area contributed by atoms with E-state index in [-0.39, 0.29) is 24.0 Å². The average molecular weight is 439 g/mol. The number of carbonyl (C=O) groups excluding carboxylic acids is 2. The van der Waals surface area contributed by atoms with Crippen molar-refractivity contribution in [1.29, 1.82) is 0 Å². The summed E-state index contributed by atoms with van der Waals surface area (Å²) in [6.45, 7) is 11.2. The molecule has 9 heteroatoms. The van der Waals surface area contributed by atoms with Gasteiger partial charge in [-0.1, -0.05) is 19.9 Å². The number of carbonyl (C=O) groups is 2. The first-order valence-corrected chi connectivity index (χ1v) is 10.7. The van der Waals surface area contributed by atoms with Crippen LogP contribution in [0.3, 0.4) is 0 Å². The Hall–Kier alpha value is -3.62. The predicted molar refractivity (Wildman–Crippen MR) is 122 cm³/mol. The van der Waals surface area contributed by atoms with Crippen LogP contribution in [0.1, 0.15) is 52.9 Å². The van der Waals surface area contributed by atoms with E-state index in [1.165, 1.54) is 4.68 Å². The zero-order valence-electron chi connectivity index (χ0n) is 19.2. The molecule has 0 atom stereocenters. The second-order valence-electron chi connectivity index (χ2n) is 8.14. The fourth-order valence-electron chi connectivity index (χ4n) is 3.12. The van der Waals surface area contributed by atoms with Gasteiger partial charge in [-0.2, -0.15) is 10.2 Å². The van der Waals surface area contributed by atoms with E-state index in [2.05, 4.69) is 26.9 Å². The minimum Gasteiger partial charge on any atom is -0.471 e. The Kier molecular flexibility index (Phi) is 7.29. The van der Waals surface area contributed by atoms with Crippen molar-refractivity contribution in [3.63, 3.8) is 0 Å². The first kappa shape index (κ1) is 23.1. The van der Waals surface area contributed by atoms with E-state index in [4.69, 9.17) is 4.74 Å². The summed E-state index contributed by atoms with van der Waals surface area (Å²) < 4.78 is 8.93. The summed E-state index contributed by atoms with van der Waals surface area (Å²) in [4.78, 5) is 25.2. The monoisotopic (exact) mass is 438 g/mol. The third-order valence-corrected chi connectivity index (χ3v) is 4.65. The number of rotatable bonds is 9. The highest BCUT2D eigenvalue weighted by Gasteiger charge is 2.20. The number of amides is 2. The van der Waals surface area contributed by atoms with Gasteiger partial charge in [0, 0.05) is 25.5 Å². The number of hydrogen-bond acceptors (Lipinski definition) is 5. The molecule has 9 nitrogen and oxygen atoms in total. The van der Waals surface area contributed by atoms with Crippen LogP contribution in [0.2, 0.25) is 0 Å². The fraction of sp³-hybridized carbons (Fsp3) is 0.391. The van der Waals surface area contributed by atoms with Crippen molar-refractivity contribution >= 4 is 17.5 Å². The van der Waals surface area contributed by atoms with Crippen LogP contribution in [-0.2, 0) is 13.3 Å². The quantitative estimate of drug-likeness (QED) is 0.533. The minimum atomic E-state index is -0.427. The summed E-state index contributed by atoms with van der Waals surface area (Å²) in [6, 6.07) is 7.56. The molecule has 0 saturated carbocycles. The summed E-state index contributed by atoms with van der Waals surface area (Å²) >= 11 is 0. The smallest absolute Gasteiger partial charge is 0.276 e. The van der Waals surface area contributed by atoms with E-state index in [1.54, 1.807) is 23.1 Å². The lowest BCUT2D eigenvalue weighted by Crippen LogP contribution is -2.28. The van der Waals surface area contributed by atoms with Crippen LogP contribution in [0.5, 0.6) is 5.75 Å². The van der Waals surface area contributed by atoms with E-state index in [0.29, 0.717) is 24.7 Å². The molecule has 170 valence electrons. The molecular weight excluding hydrogens is 408 g/mol. The number of benzene rings is 1. The Morgan fingerprint density at radius 1 is 1.06 bits per heavy atom. The molecule has 0 aliphatic rings.